The fourth-order valence-corrected chi connectivity index (χ4v) is 0.975. The number of benzene rings is 1. The van der Waals surface area contributed by atoms with Crippen LogP contribution in [0.25, 0.3) is 0 Å². The standard InChI is InChI=1S/C8H5BF6/c10-7(11,8(12,13)14)9(15)6-4-2-1-3-5-6/h1-5H. The zero-order valence-electron chi connectivity index (χ0n) is 7.23. The van der Waals surface area contributed by atoms with Crippen LogP contribution in [-0.2, 0) is 0 Å². The molecule has 0 fully saturated rings. The number of hydrogen-bond acceptors (Lipinski definition) is 0. The molecule has 0 atom stereocenters. The Morgan fingerprint density at radius 1 is 0.867 bits per heavy atom. The summed E-state index contributed by atoms with van der Waals surface area (Å²) in [5.41, 5.74) is -0.695. The molecule has 0 bridgehead atoms. The van der Waals surface area contributed by atoms with E-state index in [0.29, 0.717) is 0 Å². The third kappa shape index (κ3) is 2.27. The summed E-state index contributed by atoms with van der Waals surface area (Å²) in [6.07, 6.45) is -5.89. The minimum Gasteiger partial charge on any atom is -0.321 e. The zero-order valence-corrected chi connectivity index (χ0v) is 7.23. The molecule has 0 aromatic heterocycles. The molecule has 0 aliphatic rings. The molecule has 1 aromatic rings. The van der Waals surface area contributed by atoms with E-state index in [2.05, 4.69) is 0 Å². The Balaban J connectivity index is 3.00. The first kappa shape index (κ1) is 11.9. The number of halogens is 6. The van der Waals surface area contributed by atoms with Crippen molar-refractivity contribution in [1.82, 2.24) is 0 Å². The first-order valence-electron chi connectivity index (χ1n) is 3.90. The summed E-state index contributed by atoms with van der Waals surface area (Å²) in [7, 11) is 0. The van der Waals surface area contributed by atoms with Crippen molar-refractivity contribution in [3.05, 3.63) is 30.3 Å². The van der Waals surface area contributed by atoms with Gasteiger partial charge in [0.05, 0.1) is 0 Å². The quantitative estimate of drug-likeness (QED) is 0.537. The lowest BCUT2D eigenvalue weighted by Gasteiger charge is -2.20. The third-order valence-corrected chi connectivity index (χ3v) is 1.79. The average Bonchev–Trinajstić information content (AvgIpc) is 2.16. The fourth-order valence-electron chi connectivity index (χ4n) is 0.975. The predicted molar refractivity (Wildman–Crippen MR) is 43.9 cm³/mol. The van der Waals surface area contributed by atoms with Gasteiger partial charge in [0.2, 0.25) is 0 Å². The van der Waals surface area contributed by atoms with Crippen molar-refractivity contribution >= 4 is 12.5 Å². The SMILES string of the molecule is FB(c1ccccc1)C(F)(F)C(F)(F)F. The minimum absolute atomic E-state index is 0.695. The van der Waals surface area contributed by atoms with Gasteiger partial charge in [-0.15, -0.1) is 0 Å². The highest BCUT2D eigenvalue weighted by molar-refractivity contribution is 6.69. The van der Waals surface area contributed by atoms with E-state index < -0.39 is 24.5 Å². The summed E-state index contributed by atoms with van der Waals surface area (Å²) in [6.45, 7) is -3.38. The van der Waals surface area contributed by atoms with Crippen LogP contribution >= 0.6 is 0 Å². The highest BCUT2D eigenvalue weighted by Gasteiger charge is 2.66. The molecule has 15 heavy (non-hydrogen) atoms. The van der Waals surface area contributed by atoms with E-state index in [4.69, 9.17) is 0 Å². The molecule has 0 saturated carbocycles. The second-order valence-corrected chi connectivity index (χ2v) is 2.89. The van der Waals surface area contributed by atoms with Crippen LogP contribution < -0.4 is 5.46 Å². The smallest absolute Gasteiger partial charge is 0.321 e. The summed E-state index contributed by atoms with van der Waals surface area (Å²) in [4.78, 5) is 0. The van der Waals surface area contributed by atoms with Gasteiger partial charge in [-0.1, -0.05) is 30.3 Å². The maximum atomic E-state index is 12.9. The molecule has 0 radical (unpaired) electrons. The van der Waals surface area contributed by atoms with E-state index in [-0.39, 0.29) is 0 Å². The molecule has 0 saturated heterocycles. The molecule has 1 rings (SSSR count). The van der Waals surface area contributed by atoms with Crippen molar-refractivity contribution in [2.45, 2.75) is 12.0 Å². The van der Waals surface area contributed by atoms with Gasteiger partial charge >= 0.3 is 19.0 Å². The molecule has 0 spiro atoms. The Morgan fingerprint density at radius 2 is 1.33 bits per heavy atom. The van der Waals surface area contributed by atoms with Gasteiger partial charge < -0.3 is 4.32 Å². The third-order valence-electron chi connectivity index (χ3n) is 1.79. The first-order chi connectivity index (χ1) is 6.77. The average molecular weight is 226 g/mol. The van der Waals surface area contributed by atoms with Crippen molar-refractivity contribution in [2.75, 3.05) is 0 Å². The molecule has 0 heterocycles. The van der Waals surface area contributed by atoms with E-state index in [0.717, 1.165) is 12.1 Å². The van der Waals surface area contributed by atoms with Crippen LogP contribution in [-0.4, -0.2) is 19.0 Å². The van der Waals surface area contributed by atoms with Gasteiger partial charge in [0, 0.05) is 0 Å². The van der Waals surface area contributed by atoms with E-state index in [1.165, 1.54) is 18.2 Å². The van der Waals surface area contributed by atoms with Crippen molar-refractivity contribution in [3.63, 3.8) is 0 Å². The molecule has 0 aliphatic carbocycles. The van der Waals surface area contributed by atoms with E-state index in [9.17, 15) is 26.3 Å². The predicted octanol–water partition coefficient (Wildman–Crippen LogP) is 2.59. The van der Waals surface area contributed by atoms with E-state index >= 15 is 0 Å². The lowest BCUT2D eigenvalue weighted by atomic mass is 9.58. The Morgan fingerprint density at radius 3 is 1.73 bits per heavy atom. The van der Waals surface area contributed by atoms with Gasteiger partial charge in [-0.05, 0) is 5.46 Å². The normalized spacial score (nSPS) is 12.7. The topological polar surface area (TPSA) is 0 Å². The Labute approximate surface area is 82.0 Å². The Bertz CT molecular complexity index is 320. The van der Waals surface area contributed by atoms with Crippen LogP contribution in [0.15, 0.2) is 30.3 Å². The molecule has 0 aliphatic heterocycles. The lowest BCUT2D eigenvalue weighted by molar-refractivity contribution is -0.247. The molecule has 0 amide bonds. The van der Waals surface area contributed by atoms with E-state index in [1.54, 1.807) is 0 Å². The highest BCUT2D eigenvalue weighted by Crippen LogP contribution is 2.37. The number of alkyl halides is 5. The molecule has 7 heteroatoms. The summed E-state index contributed by atoms with van der Waals surface area (Å²) in [5, 5.41) is 0. The zero-order chi connectivity index (χ0) is 11.7. The second kappa shape index (κ2) is 3.79. The minimum atomic E-state index is -5.89. The molecule has 0 nitrogen and oxygen atoms in total. The molecule has 1 aromatic carbocycles. The highest BCUT2D eigenvalue weighted by atomic mass is 19.4. The number of hydrogen-bond donors (Lipinski definition) is 0. The van der Waals surface area contributed by atoms with Crippen LogP contribution in [0.3, 0.4) is 0 Å². The summed E-state index contributed by atoms with van der Waals surface area (Å²) in [5.74, 6) is -5.37. The number of rotatable bonds is 2. The summed E-state index contributed by atoms with van der Waals surface area (Å²) < 4.78 is 73.3. The van der Waals surface area contributed by atoms with Gasteiger partial charge in [0.15, 0.2) is 0 Å². The van der Waals surface area contributed by atoms with Crippen molar-refractivity contribution in [3.8, 4) is 0 Å². The van der Waals surface area contributed by atoms with Gasteiger partial charge in [-0.25, -0.2) is 8.78 Å². The van der Waals surface area contributed by atoms with Crippen molar-refractivity contribution < 1.29 is 26.3 Å². The van der Waals surface area contributed by atoms with Gasteiger partial charge in [0.1, 0.15) is 0 Å². The first-order valence-corrected chi connectivity index (χ1v) is 3.90. The monoisotopic (exact) mass is 226 g/mol. The van der Waals surface area contributed by atoms with Crippen molar-refractivity contribution in [2.24, 2.45) is 0 Å². The molecular formula is C8H5BF6. The largest absolute Gasteiger partial charge is 0.470 e. The fraction of sp³-hybridized carbons (Fsp3) is 0.250. The molecular weight excluding hydrogens is 221 g/mol. The van der Waals surface area contributed by atoms with Crippen LogP contribution in [0.4, 0.5) is 26.3 Å². The molecule has 0 N–H and O–H groups in total. The van der Waals surface area contributed by atoms with Crippen LogP contribution in [0, 0.1) is 0 Å². The van der Waals surface area contributed by atoms with Crippen LogP contribution in [0.2, 0.25) is 0 Å². The Kier molecular flexibility index (Phi) is 3.01. The van der Waals surface area contributed by atoms with Crippen LogP contribution in [0.5, 0.6) is 0 Å². The molecule has 82 valence electrons. The van der Waals surface area contributed by atoms with Crippen LogP contribution in [0.1, 0.15) is 0 Å². The van der Waals surface area contributed by atoms with Gasteiger partial charge in [-0.2, -0.15) is 13.2 Å². The van der Waals surface area contributed by atoms with Gasteiger partial charge in [0.25, 0.3) is 0 Å². The summed E-state index contributed by atoms with van der Waals surface area (Å²) in [6, 6.07) is 5.53. The van der Waals surface area contributed by atoms with Gasteiger partial charge in [-0.3, -0.25) is 0 Å². The maximum Gasteiger partial charge on any atom is 0.470 e. The van der Waals surface area contributed by atoms with E-state index in [1.807, 2.05) is 0 Å². The maximum absolute atomic E-state index is 12.9. The lowest BCUT2D eigenvalue weighted by Crippen LogP contribution is -2.53. The van der Waals surface area contributed by atoms with Crippen molar-refractivity contribution in [1.29, 1.82) is 0 Å². The molecule has 0 unspecified atom stereocenters. The second-order valence-electron chi connectivity index (χ2n) is 2.89. The summed E-state index contributed by atoms with van der Waals surface area (Å²) >= 11 is 0. The Hall–Kier alpha value is -1.14.